The molecule has 0 unspecified atom stereocenters. The molecule has 22 heavy (non-hydrogen) atoms. The highest BCUT2D eigenvalue weighted by Gasteiger charge is 2.48. The molecule has 0 fully saturated rings. The summed E-state index contributed by atoms with van der Waals surface area (Å²) < 4.78 is 66.9. The summed E-state index contributed by atoms with van der Waals surface area (Å²) >= 11 is 11.4. The van der Waals surface area contributed by atoms with Crippen molar-refractivity contribution in [1.29, 1.82) is 0 Å². The molecule has 0 saturated carbocycles. The first-order chi connectivity index (χ1) is 9.92. The van der Waals surface area contributed by atoms with Crippen molar-refractivity contribution in [2.75, 3.05) is 7.11 Å². The van der Waals surface area contributed by atoms with Crippen LogP contribution in [0.1, 0.15) is 5.56 Å². The minimum Gasteiger partial charge on any atom is -0.465 e. The van der Waals surface area contributed by atoms with Gasteiger partial charge >= 0.3 is 21.6 Å². The monoisotopic (exact) mass is 378 g/mol. The Kier molecular flexibility index (Phi) is 5.37. The summed E-state index contributed by atoms with van der Waals surface area (Å²) in [6.45, 7) is 3.38. The van der Waals surface area contributed by atoms with E-state index in [1.54, 1.807) is 0 Å². The van der Waals surface area contributed by atoms with Crippen LogP contribution in [0.3, 0.4) is 0 Å². The third-order valence-corrected chi connectivity index (χ3v) is 4.12. The molecule has 1 rings (SSSR count). The smallest absolute Gasteiger partial charge is 0.465 e. The summed E-state index contributed by atoms with van der Waals surface area (Å²) in [6, 6.07) is 1.83. The number of alkyl halides is 3. The van der Waals surface area contributed by atoms with Gasteiger partial charge in [-0.25, -0.2) is 4.79 Å². The van der Waals surface area contributed by atoms with Crippen molar-refractivity contribution in [2.45, 2.75) is 5.51 Å². The van der Waals surface area contributed by atoms with E-state index in [1.165, 1.54) is 0 Å². The lowest BCUT2D eigenvalue weighted by molar-refractivity contribution is -0.133. The molecule has 0 bridgehead atoms. The molecule has 0 saturated heterocycles. The molecule has 1 aromatic carbocycles. The van der Waals surface area contributed by atoms with Crippen molar-refractivity contribution in [3.8, 4) is 5.75 Å². The molecule has 0 amide bonds. The van der Waals surface area contributed by atoms with E-state index in [9.17, 15) is 26.4 Å². The van der Waals surface area contributed by atoms with Crippen LogP contribution in [0, 0.1) is 0 Å². The summed E-state index contributed by atoms with van der Waals surface area (Å²) in [7, 11) is -4.82. The SMILES string of the molecule is C=C(C(=O)OC)c1ccc(OS(=O)(=O)C(F)(F)F)c(Cl)c1Cl. The Morgan fingerprint density at radius 2 is 1.77 bits per heavy atom. The van der Waals surface area contributed by atoms with Crippen LogP contribution in [0.5, 0.6) is 5.75 Å². The summed E-state index contributed by atoms with van der Waals surface area (Å²) in [5.74, 6) is -1.69. The quantitative estimate of drug-likeness (QED) is 0.347. The Morgan fingerprint density at radius 1 is 1.23 bits per heavy atom. The third kappa shape index (κ3) is 3.65. The van der Waals surface area contributed by atoms with Gasteiger partial charge in [-0.1, -0.05) is 29.8 Å². The van der Waals surface area contributed by atoms with Crippen LogP contribution in [0.2, 0.25) is 10.0 Å². The highest BCUT2D eigenvalue weighted by atomic mass is 35.5. The van der Waals surface area contributed by atoms with Crippen LogP contribution in [0.25, 0.3) is 5.57 Å². The number of ether oxygens (including phenoxy) is 1. The van der Waals surface area contributed by atoms with Gasteiger partial charge in [0.25, 0.3) is 0 Å². The van der Waals surface area contributed by atoms with E-state index in [1.807, 2.05) is 0 Å². The fraction of sp³-hybridized carbons (Fsp3) is 0.182. The lowest BCUT2D eigenvalue weighted by atomic mass is 10.1. The fourth-order valence-corrected chi connectivity index (χ4v) is 2.22. The first-order valence-corrected chi connectivity index (χ1v) is 7.35. The second kappa shape index (κ2) is 6.35. The second-order valence-electron chi connectivity index (χ2n) is 3.69. The zero-order valence-corrected chi connectivity index (χ0v) is 13.0. The molecule has 0 aromatic heterocycles. The number of halogens is 5. The molecule has 0 radical (unpaired) electrons. The van der Waals surface area contributed by atoms with Gasteiger partial charge in [0.2, 0.25) is 0 Å². The first-order valence-electron chi connectivity index (χ1n) is 5.18. The van der Waals surface area contributed by atoms with E-state index in [2.05, 4.69) is 15.5 Å². The van der Waals surface area contributed by atoms with Gasteiger partial charge in [0.15, 0.2) is 5.75 Å². The van der Waals surface area contributed by atoms with E-state index in [-0.39, 0.29) is 11.1 Å². The van der Waals surface area contributed by atoms with Gasteiger partial charge in [0, 0.05) is 5.56 Å². The predicted molar refractivity (Wildman–Crippen MR) is 73.1 cm³/mol. The van der Waals surface area contributed by atoms with Crippen LogP contribution in [0.4, 0.5) is 13.2 Å². The van der Waals surface area contributed by atoms with Crippen molar-refractivity contribution in [3.05, 3.63) is 34.3 Å². The lowest BCUT2D eigenvalue weighted by Gasteiger charge is -2.13. The highest BCUT2D eigenvalue weighted by molar-refractivity contribution is 7.88. The van der Waals surface area contributed by atoms with Crippen molar-refractivity contribution < 1.29 is 35.3 Å². The molecule has 122 valence electrons. The zero-order chi connectivity index (χ0) is 17.3. The van der Waals surface area contributed by atoms with Gasteiger partial charge in [0.1, 0.15) is 5.02 Å². The second-order valence-corrected chi connectivity index (χ2v) is 5.99. The summed E-state index contributed by atoms with van der Waals surface area (Å²) in [5.41, 5.74) is -5.90. The standard InChI is InChI=1S/C11H7Cl2F3O5S/c1-5(10(17)20-2)6-3-4-7(9(13)8(6)12)21-22(18,19)11(14,15)16/h3-4H,1H2,2H3. The molecule has 0 aliphatic heterocycles. The molecule has 0 aliphatic rings. The lowest BCUT2D eigenvalue weighted by Crippen LogP contribution is -2.28. The summed E-state index contributed by atoms with van der Waals surface area (Å²) in [4.78, 5) is 11.3. The van der Waals surface area contributed by atoms with Crippen molar-refractivity contribution in [3.63, 3.8) is 0 Å². The Hall–Kier alpha value is -1.45. The van der Waals surface area contributed by atoms with Crippen molar-refractivity contribution in [2.24, 2.45) is 0 Å². The maximum absolute atomic E-state index is 12.2. The Balaban J connectivity index is 3.27. The number of carbonyl (C=O) groups excluding carboxylic acids is 1. The number of benzene rings is 1. The molecule has 1 aromatic rings. The maximum atomic E-state index is 12.2. The molecule has 0 heterocycles. The number of hydrogen-bond donors (Lipinski definition) is 0. The maximum Gasteiger partial charge on any atom is 0.534 e. The molecule has 11 heteroatoms. The topological polar surface area (TPSA) is 69.7 Å². The van der Waals surface area contributed by atoms with Crippen LogP contribution >= 0.6 is 23.2 Å². The molecule has 0 spiro atoms. The molecule has 0 atom stereocenters. The van der Waals surface area contributed by atoms with Gasteiger partial charge in [-0.05, 0) is 12.1 Å². The Labute approximate surface area is 133 Å². The summed E-state index contributed by atoms with van der Waals surface area (Å²) in [6.07, 6.45) is 0. The van der Waals surface area contributed by atoms with E-state index in [0.717, 1.165) is 19.2 Å². The van der Waals surface area contributed by atoms with E-state index < -0.39 is 37.4 Å². The number of esters is 1. The van der Waals surface area contributed by atoms with Crippen LogP contribution in [0.15, 0.2) is 18.7 Å². The number of carbonyl (C=O) groups is 1. The van der Waals surface area contributed by atoms with Crippen LogP contribution in [-0.2, 0) is 19.6 Å². The minimum absolute atomic E-state index is 0.0460. The summed E-state index contributed by atoms with van der Waals surface area (Å²) in [5, 5.41) is -1.04. The molecular weight excluding hydrogens is 372 g/mol. The van der Waals surface area contributed by atoms with Gasteiger partial charge in [-0.2, -0.15) is 21.6 Å². The average Bonchev–Trinajstić information content (AvgIpc) is 2.41. The normalized spacial score (nSPS) is 11.9. The molecule has 0 N–H and O–H groups in total. The van der Waals surface area contributed by atoms with Gasteiger partial charge in [-0.15, -0.1) is 0 Å². The zero-order valence-electron chi connectivity index (χ0n) is 10.7. The third-order valence-electron chi connectivity index (χ3n) is 2.29. The fourth-order valence-electron chi connectivity index (χ4n) is 1.23. The van der Waals surface area contributed by atoms with E-state index >= 15 is 0 Å². The Morgan fingerprint density at radius 3 is 2.23 bits per heavy atom. The first kappa shape index (κ1) is 18.6. The average molecular weight is 379 g/mol. The van der Waals surface area contributed by atoms with Crippen LogP contribution in [-0.4, -0.2) is 27.0 Å². The number of rotatable bonds is 4. The molecule has 5 nitrogen and oxygen atoms in total. The molecular formula is C11H7Cl2F3O5S. The van der Waals surface area contributed by atoms with E-state index in [4.69, 9.17) is 23.2 Å². The number of methoxy groups -OCH3 is 1. The van der Waals surface area contributed by atoms with E-state index in [0.29, 0.717) is 0 Å². The van der Waals surface area contributed by atoms with Gasteiger partial charge in [-0.3, -0.25) is 0 Å². The largest absolute Gasteiger partial charge is 0.534 e. The van der Waals surface area contributed by atoms with Crippen molar-refractivity contribution in [1.82, 2.24) is 0 Å². The predicted octanol–water partition coefficient (Wildman–Crippen LogP) is 3.41. The Bertz CT molecular complexity index is 728. The molecule has 0 aliphatic carbocycles. The highest BCUT2D eigenvalue weighted by Crippen LogP contribution is 2.39. The number of hydrogen-bond acceptors (Lipinski definition) is 5. The van der Waals surface area contributed by atoms with Crippen molar-refractivity contribution >= 4 is 44.9 Å². The van der Waals surface area contributed by atoms with Gasteiger partial charge < -0.3 is 8.92 Å². The minimum atomic E-state index is -5.90. The van der Waals surface area contributed by atoms with Crippen LogP contribution < -0.4 is 4.18 Å². The van der Waals surface area contributed by atoms with Gasteiger partial charge in [0.05, 0.1) is 17.7 Å².